The van der Waals surface area contributed by atoms with E-state index >= 15 is 0 Å². The first-order chi connectivity index (χ1) is 9.38. The zero-order valence-electron chi connectivity index (χ0n) is 11.3. The largest absolute Gasteiger partial charge is 0.409 e. The van der Waals surface area contributed by atoms with Gasteiger partial charge in [0.15, 0.2) is 5.84 Å². The van der Waals surface area contributed by atoms with Crippen LogP contribution >= 0.6 is 27.5 Å². The van der Waals surface area contributed by atoms with Crippen molar-refractivity contribution in [3.05, 3.63) is 33.3 Å². The molecule has 0 atom stereocenters. The normalized spacial score (nSPS) is 12.3. The molecule has 0 saturated heterocycles. The third-order valence-electron chi connectivity index (χ3n) is 3.28. The number of carbonyl (C=O) groups excluding carboxylic acids is 1. The minimum absolute atomic E-state index is 0.0167. The molecule has 0 heterocycles. The average molecular weight is 363 g/mol. The Morgan fingerprint density at radius 3 is 2.50 bits per heavy atom. The minimum atomic E-state index is -0.874. The summed E-state index contributed by atoms with van der Waals surface area (Å²) in [6.07, 6.45) is 1.01. The number of amidine groups is 1. The molecule has 1 rings (SSSR count). The highest BCUT2D eigenvalue weighted by Crippen LogP contribution is 2.21. The molecular formula is C13H17BrClN3O2. The van der Waals surface area contributed by atoms with E-state index in [2.05, 4.69) is 26.4 Å². The Labute approximate surface area is 131 Å². The van der Waals surface area contributed by atoms with Gasteiger partial charge in [0, 0.05) is 15.1 Å². The van der Waals surface area contributed by atoms with Crippen molar-refractivity contribution < 1.29 is 10.0 Å². The Balaban J connectivity index is 3.08. The molecule has 5 nitrogen and oxygen atoms in total. The molecule has 1 aromatic carbocycles. The van der Waals surface area contributed by atoms with Crippen LogP contribution in [0.3, 0.4) is 0 Å². The summed E-state index contributed by atoms with van der Waals surface area (Å²) < 4.78 is 0.706. The summed E-state index contributed by atoms with van der Waals surface area (Å²) in [6.45, 7) is 3.71. The lowest BCUT2D eigenvalue weighted by atomic mass is 9.91. The highest BCUT2D eigenvalue weighted by atomic mass is 79.9. The van der Waals surface area contributed by atoms with Crippen LogP contribution in [0.5, 0.6) is 0 Å². The fraction of sp³-hybridized carbons (Fsp3) is 0.385. The monoisotopic (exact) mass is 361 g/mol. The van der Waals surface area contributed by atoms with E-state index in [9.17, 15) is 4.79 Å². The number of amides is 1. The summed E-state index contributed by atoms with van der Waals surface area (Å²) in [7, 11) is 0. The highest BCUT2D eigenvalue weighted by Gasteiger charge is 2.33. The van der Waals surface area contributed by atoms with Gasteiger partial charge in [-0.3, -0.25) is 4.79 Å². The van der Waals surface area contributed by atoms with Crippen LogP contribution < -0.4 is 11.1 Å². The maximum absolute atomic E-state index is 12.3. The van der Waals surface area contributed by atoms with Crippen molar-refractivity contribution in [2.45, 2.75) is 32.2 Å². The Bertz CT molecular complexity index is 510. The van der Waals surface area contributed by atoms with Gasteiger partial charge in [-0.05, 0) is 31.0 Å². The lowest BCUT2D eigenvalue weighted by Gasteiger charge is -2.31. The van der Waals surface area contributed by atoms with E-state index in [4.69, 9.17) is 22.5 Å². The molecule has 0 bridgehead atoms. The van der Waals surface area contributed by atoms with Gasteiger partial charge in [0.2, 0.25) is 0 Å². The van der Waals surface area contributed by atoms with Gasteiger partial charge in [0.05, 0.1) is 0 Å². The fourth-order valence-electron chi connectivity index (χ4n) is 1.92. The van der Waals surface area contributed by atoms with E-state index in [-0.39, 0.29) is 11.7 Å². The molecule has 4 N–H and O–H groups in total. The maximum Gasteiger partial charge on any atom is 0.252 e. The van der Waals surface area contributed by atoms with Crippen LogP contribution in [-0.4, -0.2) is 22.5 Å². The van der Waals surface area contributed by atoms with Crippen molar-refractivity contribution in [1.82, 2.24) is 5.32 Å². The van der Waals surface area contributed by atoms with E-state index in [1.165, 1.54) is 0 Å². The summed E-state index contributed by atoms with van der Waals surface area (Å²) >= 11 is 9.21. The van der Waals surface area contributed by atoms with E-state index in [0.717, 1.165) is 0 Å². The number of hydrogen-bond donors (Lipinski definition) is 3. The Hall–Kier alpha value is -1.27. The van der Waals surface area contributed by atoms with E-state index in [1.54, 1.807) is 18.2 Å². The summed E-state index contributed by atoms with van der Waals surface area (Å²) in [4.78, 5) is 12.3. The number of benzene rings is 1. The zero-order valence-corrected chi connectivity index (χ0v) is 13.6. The molecule has 0 aliphatic heterocycles. The molecule has 0 fully saturated rings. The predicted octanol–water partition coefficient (Wildman–Crippen LogP) is 3.14. The summed E-state index contributed by atoms with van der Waals surface area (Å²) in [5, 5.41) is 15.2. The number of rotatable bonds is 5. The third kappa shape index (κ3) is 3.64. The standard InChI is InChI=1S/C13H17BrClN3O2/c1-3-13(4-2,12(16)18-20)17-11(19)8-5-9(14)7-10(15)6-8/h5-7,20H,3-4H2,1-2H3,(H2,16,18)(H,17,19). The first-order valence-corrected chi connectivity index (χ1v) is 7.32. The van der Waals surface area contributed by atoms with Gasteiger partial charge < -0.3 is 16.3 Å². The van der Waals surface area contributed by atoms with E-state index in [1.807, 2.05) is 13.8 Å². The van der Waals surface area contributed by atoms with Crippen LogP contribution in [0.25, 0.3) is 0 Å². The molecule has 1 aromatic rings. The summed E-state index contributed by atoms with van der Waals surface area (Å²) in [6, 6.07) is 4.91. The maximum atomic E-state index is 12.3. The molecule has 0 aliphatic rings. The number of nitrogens with two attached hydrogens (primary N) is 1. The summed E-state index contributed by atoms with van der Waals surface area (Å²) in [5.41, 5.74) is 5.24. The smallest absolute Gasteiger partial charge is 0.252 e. The molecule has 7 heteroatoms. The van der Waals surface area contributed by atoms with E-state index < -0.39 is 5.54 Å². The fourth-order valence-corrected chi connectivity index (χ4v) is 2.78. The molecular weight excluding hydrogens is 346 g/mol. The van der Waals surface area contributed by atoms with Crippen LogP contribution in [0, 0.1) is 0 Å². The van der Waals surface area contributed by atoms with Crippen molar-refractivity contribution in [2.75, 3.05) is 0 Å². The number of nitrogens with zero attached hydrogens (tertiary/aromatic N) is 1. The second-order valence-electron chi connectivity index (χ2n) is 4.39. The highest BCUT2D eigenvalue weighted by molar-refractivity contribution is 9.10. The summed E-state index contributed by atoms with van der Waals surface area (Å²) in [5.74, 6) is -0.347. The van der Waals surface area contributed by atoms with Gasteiger partial charge in [-0.15, -0.1) is 0 Å². The van der Waals surface area contributed by atoms with E-state index in [0.29, 0.717) is 27.9 Å². The van der Waals surface area contributed by atoms with Crippen molar-refractivity contribution in [3.63, 3.8) is 0 Å². The number of hydrogen-bond acceptors (Lipinski definition) is 3. The molecule has 0 aromatic heterocycles. The molecule has 110 valence electrons. The van der Waals surface area contributed by atoms with Crippen LogP contribution in [0.2, 0.25) is 5.02 Å². The van der Waals surface area contributed by atoms with Crippen molar-refractivity contribution in [1.29, 1.82) is 0 Å². The molecule has 20 heavy (non-hydrogen) atoms. The first kappa shape index (κ1) is 16.8. The van der Waals surface area contributed by atoms with Crippen molar-refractivity contribution in [3.8, 4) is 0 Å². The van der Waals surface area contributed by atoms with Crippen molar-refractivity contribution >= 4 is 39.3 Å². The number of halogens is 2. The minimum Gasteiger partial charge on any atom is -0.409 e. The Morgan fingerprint density at radius 2 is 2.05 bits per heavy atom. The Morgan fingerprint density at radius 1 is 1.45 bits per heavy atom. The van der Waals surface area contributed by atoms with Crippen molar-refractivity contribution in [2.24, 2.45) is 10.9 Å². The molecule has 0 unspecified atom stereocenters. The second-order valence-corrected chi connectivity index (χ2v) is 5.74. The van der Waals surface area contributed by atoms with Crippen LogP contribution in [0.1, 0.15) is 37.0 Å². The second kappa shape index (κ2) is 6.95. The SMILES string of the molecule is CCC(CC)(NC(=O)c1cc(Cl)cc(Br)c1)/C(N)=N/O. The molecule has 1 amide bonds. The third-order valence-corrected chi connectivity index (χ3v) is 3.96. The first-order valence-electron chi connectivity index (χ1n) is 6.15. The van der Waals surface area contributed by atoms with Gasteiger partial charge in [-0.2, -0.15) is 0 Å². The average Bonchev–Trinajstić information content (AvgIpc) is 2.42. The molecule has 0 saturated carbocycles. The lowest BCUT2D eigenvalue weighted by molar-refractivity contribution is 0.0917. The van der Waals surface area contributed by atoms with Gasteiger partial charge in [0.1, 0.15) is 5.54 Å². The van der Waals surface area contributed by atoms with Gasteiger partial charge in [-0.25, -0.2) is 0 Å². The molecule has 0 spiro atoms. The van der Waals surface area contributed by atoms with Gasteiger partial charge >= 0.3 is 0 Å². The number of oxime groups is 1. The number of nitrogens with one attached hydrogen (secondary N) is 1. The molecule has 0 aliphatic carbocycles. The number of carbonyl (C=O) groups is 1. The quantitative estimate of drug-likeness (QED) is 0.325. The van der Waals surface area contributed by atoms with Crippen LogP contribution in [-0.2, 0) is 0 Å². The molecule has 0 radical (unpaired) electrons. The van der Waals surface area contributed by atoms with Crippen LogP contribution in [0.15, 0.2) is 27.8 Å². The van der Waals surface area contributed by atoms with Crippen LogP contribution in [0.4, 0.5) is 0 Å². The topological polar surface area (TPSA) is 87.7 Å². The zero-order chi connectivity index (χ0) is 15.3. The van der Waals surface area contributed by atoms with Gasteiger partial charge in [-0.1, -0.05) is 46.5 Å². The Kier molecular flexibility index (Phi) is 5.83. The van der Waals surface area contributed by atoms with Gasteiger partial charge in [0.25, 0.3) is 5.91 Å². The predicted molar refractivity (Wildman–Crippen MR) is 83.3 cm³/mol. The lowest BCUT2D eigenvalue weighted by Crippen LogP contribution is -2.56.